The summed E-state index contributed by atoms with van der Waals surface area (Å²) in [4.78, 5) is 24.6. The van der Waals surface area contributed by atoms with Gasteiger partial charge in [-0.3, -0.25) is 0 Å². The molecule has 1 heterocycles. The minimum absolute atomic E-state index is 0.151. The molecule has 0 saturated carbocycles. The molecule has 0 spiro atoms. The molecule has 0 aliphatic carbocycles. The molecule has 0 unspecified atom stereocenters. The lowest BCUT2D eigenvalue weighted by atomic mass is 10.0. The van der Waals surface area contributed by atoms with E-state index in [1.165, 1.54) is 0 Å². The van der Waals surface area contributed by atoms with Gasteiger partial charge in [0.15, 0.2) is 0 Å². The van der Waals surface area contributed by atoms with Gasteiger partial charge in [0.2, 0.25) is 0 Å². The van der Waals surface area contributed by atoms with Gasteiger partial charge in [-0.05, 0) is 47.0 Å². The molecule has 0 amide bonds. The smallest absolute Gasteiger partial charge is 0.440 e. The maximum absolute atomic E-state index is 11.5. The fourth-order valence-corrected chi connectivity index (χ4v) is 3.65. The third-order valence-electron chi connectivity index (χ3n) is 4.46. The quantitative estimate of drug-likeness (QED) is 0.468. The van der Waals surface area contributed by atoms with Gasteiger partial charge in [-0.15, -0.1) is 4.74 Å². The first-order valence-corrected chi connectivity index (χ1v) is 9.81. The van der Waals surface area contributed by atoms with Crippen LogP contribution in [-0.2, 0) is 13.2 Å². The second-order valence-corrected chi connectivity index (χ2v) is 7.39. The Kier molecular flexibility index (Phi) is 5.79. The number of hydrogen-bond acceptors (Lipinski definition) is 4. The van der Waals surface area contributed by atoms with Crippen LogP contribution in [0.4, 0.5) is 0 Å². The number of aromatic nitrogens is 2. The van der Waals surface area contributed by atoms with Gasteiger partial charge in [-0.25, -0.2) is 14.6 Å². The van der Waals surface area contributed by atoms with Gasteiger partial charge in [-0.2, -0.15) is 0 Å². The fourth-order valence-electron chi connectivity index (χ4n) is 3.03. The van der Waals surface area contributed by atoms with E-state index in [4.69, 9.17) is 32.5 Å². The molecule has 0 aliphatic heterocycles. The number of halogens is 2. The summed E-state index contributed by atoms with van der Waals surface area (Å²) in [6.07, 6.45) is 0. The minimum atomic E-state index is -0.778. The van der Waals surface area contributed by atoms with Crippen molar-refractivity contribution >= 4 is 23.2 Å². The van der Waals surface area contributed by atoms with Crippen LogP contribution in [0.25, 0.3) is 11.1 Å². The van der Waals surface area contributed by atoms with Crippen molar-refractivity contribution in [3.8, 4) is 16.9 Å². The molecule has 6 nitrogen and oxygen atoms in total. The van der Waals surface area contributed by atoms with Crippen molar-refractivity contribution < 1.29 is 9.26 Å². The number of H-pyrrole nitrogens is 1. The molecule has 8 heteroatoms. The van der Waals surface area contributed by atoms with Crippen LogP contribution in [0.2, 0.25) is 10.0 Å². The van der Waals surface area contributed by atoms with E-state index >= 15 is 0 Å². The Hall–Kier alpha value is -3.22. The fraction of sp³-hybridized carbons (Fsp3) is 0.0909. The van der Waals surface area contributed by atoms with Crippen LogP contribution in [0.5, 0.6) is 5.75 Å². The van der Waals surface area contributed by atoms with Gasteiger partial charge in [0.25, 0.3) is 0 Å². The Morgan fingerprint density at radius 1 is 0.900 bits per heavy atom. The molecule has 0 radical (unpaired) electrons. The van der Waals surface area contributed by atoms with E-state index in [9.17, 15) is 9.59 Å². The lowest BCUT2D eigenvalue weighted by Gasteiger charge is -2.11. The van der Waals surface area contributed by atoms with Gasteiger partial charge < -0.3 is 9.26 Å². The third-order valence-corrected chi connectivity index (χ3v) is 5.09. The Balaban J connectivity index is 1.44. The zero-order valence-corrected chi connectivity index (χ0v) is 17.1. The van der Waals surface area contributed by atoms with Crippen LogP contribution in [0.15, 0.2) is 80.8 Å². The number of ether oxygens (including phenoxy) is 1. The zero-order valence-electron chi connectivity index (χ0n) is 15.6. The molecule has 152 valence electrons. The monoisotopic (exact) mass is 442 g/mol. The zero-order chi connectivity index (χ0) is 21.1. The predicted octanol–water partition coefficient (Wildman–Crippen LogP) is 4.73. The van der Waals surface area contributed by atoms with Crippen LogP contribution < -0.4 is 16.2 Å². The summed E-state index contributed by atoms with van der Waals surface area (Å²) in [6.45, 7) is 0.514. The average Bonchev–Trinajstić information content (AvgIpc) is 3.04. The summed E-state index contributed by atoms with van der Waals surface area (Å²) in [5.41, 5.74) is 2.88. The largest absolute Gasteiger partial charge is 0.489 e. The summed E-state index contributed by atoms with van der Waals surface area (Å²) >= 11 is 12.6. The van der Waals surface area contributed by atoms with Gasteiger partial charge >= 0.3 is 11.4 Å². The summed E-state index contributed by atoms with van der Waals surface area (Å²) < 4.78 is 11.6. The molecule has 1 N–H and O–H groups in total. The molecule has 0 saturated heterocycles. The first-order chi connectivity index (χ1) is 14.5. The normalized spacial score (nSPS) is 10.9. The van der Waals surface area contributed by atoms with Crippen molar-refractivity contribution in [1.82, 2.24) is 9.72 Å². The lowest BCUT2D eigenvalue weighted by Crippen LogP contribution is -2.17. The standard InChI is InChI=1S/C22H16Cl2N2O4/c23-18-5-2-6-19(24)20(18)16-4-1-3-15(11-16)13-29-17-9-7-14(8-10-17)12-26-21(27)25-22(28)30-26/h1-11H,12-13H2,(H,25,27,28). The van der Waals surface area contributed by atoms with Gasteiger partial charge in [0.05, 0.1) is 6.54 Å². The maximum Gasteiger partial charge on any atom is 0.440 e. The van der Waals surface area contributed by atoms with Crippen molar-refractivity contribution in [1.29, 1.82) is 0 Å². The minimum Gasteiger partial charge on any atom is -0.489 e. The van der Waals surface area contributed by atoms with Crippen LogP contribution >= 0.6 is 23.2 Å². The molecule has 0 bridgehead atoms. The van der Waals surface area contributed by atoms with Crippen LogP contribution in [0, 0.1) is 0 Å². The first kappa shape index (κ1) is 20.1. The van der Waals surface area contributed by atoms with E-state index in [2.05, 4.69) is 0 Å². The highest BCUT2D eigenvalue weighted by atomic mass is 35.5. The highest BCUT2D eigenvalue weighted by molar-refractivity contribution is 6.39. The van der Waals surface area contributed by atoms with Crippen molar-refractivity contribution in [2.75, 3.05) is 0 Å². The Morgan fingerprint density at radius 3 is 2.27 bits per heavy atom. The molecule has 4 rings (SSSR count). The van der Waals surface area contributed by atoms with Crippen molar-refractivity contribution in [3.05, 3.63) is 109 Å². The topological polar surface area (TPSA) is 77.2 Å². The highest BCUT2D eigenvalue weighted by Gasteiger charge is 2.09. The molecule has 3 aromatic carbocycles. The van der Waals surface area contributed by atoms with Crippen LogP contribution in [-0.4, -0.2) is 9.72 Å². The van der Waals surface area contributed by atoms with Gasteiger partial charge in [-0.1, -0.05) is 59.6 Å². The molecular weight excluding hydrogens is 427 g/mol. The van der Waals surface area contributed by atoms with Gasteiger partial charge in [0, 0.05) is 15.6 Å². The second-order valence-electron chi connectivity index (χ2n) is 6.58. The summed E-state index contributed by atoms with van der Waals surface area (Å²) in [7, 11) is 0. The van der Waals surface area contributed by atoms with Crippen molar-refractivity contribution in [2.24, 2.45) is 0 Å². The van der Waals surface area contributed by atoms with Crippen molar-refractivity contribution in [3.63, 3.8) is 0 Å². The number of nitrogens with one attached hydrogen (secondary N) is 1. The molecule has 0 aliphatic rings. The molecule has 0 fully saturated rings. The van der Waals surface area contributed by atoms with Gasteiger partial charge in [0.1, 0.15) is 12.4 Å². The Labute approximate surface area is 181 Å². The number of rotatable bonds is 6. The summed E-state index contributed by atoms with van der Waals surface area (Å²) in [6, 6.07) is 20.4. The number of nitrogens with zero attached hydrogens (tertiary/aromatic N) is 1. The maximum atomic E-state index is 11.5. The van der Waals surface area contributed by atoms with E-state index in [1.807, 2.05) is 35.3 Å². The van der Waals surface area contributed by atoms with E-state index in [-0.39, 0.29) is 6.54 Å². The van der Waals surface area contributed by atoms with E-state index < -0.39 is 11.4 Å². The van der Waals surface area contributed by atoms with Crippen LogP contribution in [0.1, 0.15) is 11.1 Å². The Morgan fingerprint density at radius 2 is 1.60 bits per heavy atom. The molecule has 30 heavy (non-hydrogen) atoms. The van der Waals surface area contributed by atoms with E-state index in [0.717, 1.165) is 27.0 Å². The van der Waals surface area contributed by atoms with E-state index in [1.54, 1.807) is 36.4 Å². The number of hydrogen-bond donors (Lipinski definition) is 1. The Bertz CT molecular complexity index is 1270. The summed E-state index contributed by atoms with van der Waals surface area (Å²) in [5, 5.41) is 1.18. The third kappa shape index (κ3) is 4.50. The predicted molar refractivity (Wildman–Crippen MR) is 115 cm³/mol. The van der Waals surface area contributed by atoms with Crippen LogP contribution in [0.3, 0.4) is 0 Å². The molecular formula is C22H16Cl2N2O4. The molecule has 4 aromatic rings. The molecule has 1 aromatic heterocycles. The SMILES string of the molecule is O=c1[nH]c(=O)n(Cc2ccc(OCc3cccc(-c4c(Cl)cccc4Cl)c3)cc2)o1. The first-order valence-electron chi connectivity index (χ1n) is 9.05. The lowest BCUT2D eigenvalue weighted by molar-refractivity contribution is 0.258. The summed E-state index contributed by atoms with van der Waals surface area (Å²) in [5.74, 6) is -0.108. The average molecular weight is 443 g/mol. The second kappa shape index (κ2) is 8.65. The number of benzene rings is 3. The molecule has 0 atom stereocenters. The highest BCUT2D eigenvalue weighted by Crippen LogP contribution is 2.34. The van der Waals surface area contributed by atoms with E-state index in [0.29, 0.717) is 22.4 Å². The number of aromatic amines is 1. The van der Waals surface area contributed by atoms with Crippen molar-refractivity contribution in [2.45, 2.75) is 13.2 Å².